The van der Waals surface area contributed by atoms with Crippen molar-refractivity contribution in [3.05, 3.63) is 69.8 Å². The Bertz CT molecular complexity index is 908. The molecule has 2 N–H and O–H groups in total. The van der Waals surface area contributed by atoms with Crippen LogP contribution in [0.1, 0.15) is 47.4 Å². The van der Waals surface area contributed by atoms with E-state index in [4.69, 9.17) is 12.2 Å². The van der Waals surface area contributed by atoms with Crippen LogP contribution in [0.15, 0.2) is 48.5 Å². The second-order valence-electron chi connectivity index (χ2n) is 6.58. The Balaban J connectivity index is 1.96. The van der Waals surface area contributed by atoms with Crippen LogP contribution in [0.3, 0.4) is 0 Å². The predicted octanol–water partition coefficient (Wildman–Crippen LogP) is 3.98. The van der Waals surface area contributed by atoms with E-state index in [0.717, 1.165) is 12.8 Å². The van der Waals surface area contributed by atoms with E-state index in [1.54, 1.807) is 24.3 Å². The summed E-state index contributed by atoms with van der Waals surface area (Å²) in [5.41, 5.74) is 1.36. The molecule has 0 aliphatic rings. The van der Waals surface area contributed by atoms with Crippen molar-refractivity contribution in [2.45, 2.75) is 26.7 Å². The first-order valence-electron chi connectivity index (χ1n) is 9.61. The zero-order chi connectivity index (χ0) is 22.1. The van der Waals surface area contributed by atoms with Crippen molar-refractivity contribution in [3.8, 4) is 0 Å². The number of anilines is 1. The minimum Gasteiger partial charge on any atom is -0.339 e. The minimum atomic E-state index is -0.536. The molecule has 0 unspecified atom stereocenters. The third-order valence-corrected chi connectivity index (χ3v) is 4.44. The molecule has 2 amide bonds. The Morgan fingerprint density at radius 3 is 2.00 bits per heavy atom. The molecule has 0 radical (unpaired) electrons. The summed E-state index contributed by atoms with van der Waals surface area (Å²) in [7, 11) is 0. The lowest BCUT2D eigenvalue weighted by Crippen LogP contribution is -2.34. The summed E-state index contributed by atoms with van der Waals surface area (Å²) in [6.45, 7) is 5.50. The normalized spacial score (nSPS) is 10.2. The highest BCUT2D eigenvalue weighted by Gasteiger charge is 2.14. The van der Waals surface area contributed by atoms with Gasteiger partial charge in [0.05, 0.1) is 4.92 Å². The van der Waals surface area contributed by atoms with Crippen LogP contribution in [0.4, 0.5) is 11.4 Å². The van der Waals surface area contributed by atoms with Gasteiger partial charge in [0.15, 0.2) is 5.11 Å². The molecule has 0 fully saturated rings. The molecule has 0 aliphatic carbocycles. The van der Waals surface area contributed by atoms with Gasteiger partial charge in [0.25, 0.3) is 17.5 Å². The Hall–Kier alpha value is -3.33. The van der Waals surface area contributed by atoms with E-state index >= 15 is 0 Å². The number of thiocarbonyl (C=S) groups is 1. The first-order chi connectivity index (χ1) is 14.3. The summed E-state index contributed by atoms with van der Waals surface area (Å²) in [6.07, 6.45) is 1.79. The highest BCUT2D eigenvalue weighted by molar-refractivity contribution is 7.80. The van der Waals surface area contributed by atoms with Gasteiger partial charge in [-0.25, -0.2) is 0 Å². The monoisotopic (exact) mass is 428 g/mol. The SMILES string of the molecule is CCCN(CCC)C(=O)c1ccc(NC(=S)NC(=O)c2ccc([N+](=O)[O-])cc2)cc1. The fourth-order valence-electron chi connectivity index (χ4n) is 2.81. The van der Waals surface area contributed by atoms with Gasteiger partial charge in [0, 0.05) is 42.0 Å². The smallest absolute Gasteiger partial charge is 0.269 e. The fraction of sp³-hybridized carbons (Fsp3) is 0.286. The van der Waals surface area contributed by atoms with Crippen LogP contribution in [0.5, 0.6) is 0 Å². The van der Waals surface area contributed by atoms with Gasteiger partial charge in [-0.3, -0.25) is 25.0 Å². The van der Waals surface area contributed by atoms with E-state index in [1.807, 2.05) is 18.7 Å². The van der Waals surface area contributed by atoms with E-state index in [2.05, 4.69) is 10.6 Å². The zero-order valence-corrected chi connectivity index (χ0v) is 17.7. The molecule has 0 saturated carbocycles. The molecule has 158 valence electrons. The summed E-state index contributed by atoms with van der Waals surface area (Å²) in [6, 6.07) is 12.1. The number of rotatable bonds is 8. The summed E-state index contributed by atoms with van der Waals surface area (Å²) < 4.78 is 0. The number of benzene rings is 2. The number of carbonyl (C=O) groups is 2. The fourth-order valence-corrected chi connectivity index (χ4v) is 3.02. The second kappa shape index (κ2) is 11.0. The third kappa shape index (κ3) is 6.35. The van der Waals surface area contributed by atoms with Crippen LogP contribution in [-0.2, 0) is 0 Å². The maximum atomic E-state index is 12.6. The molecule has 8 nitrogen and oxygen atoms in total. The molecule has 0 spiro atoms. The van der Waals surface area contributed by atoms with Crippen LogP contribution in [0.2, 0.25) is 0 Å². The first-order valence-corrected chi connectivity index (χ1v) is 10.0. The van der Waals surface area contributed by atoms with Crippen molar-refractivity contribution in [1.82, 2.24) is 10.2 Å². The van der Waals surface area contributed by atoms with Gasteiger partial charge in [0.1, 0.15) is 0 Å². The van der Waals surface area contributed by atoms with Crippen molar-refractivity contribution < 1.29 is 14.5 Å². The quantitative estimate of drug-likeness (QED) is 0.374. The molecular formula is C21H24N4O4S. The molecule has 9 heteroatoms. The van der Waals surface area contributed by atoms with Gasteiger partial charge in [-0.05, 0) is 61.5 Å². The van der Waals surface area contributed by atoms with Gasteiger partial charge in [-0.1, -0.05) is 13.8 Å². The number of non-ortho nitro benzene ring substituents is 1. The van der Waals surface area contributed by atoms with Crippen LogP contribution >= 0.6 is 12.2 Å². The Morgan fingerprint density at radius 2 is 1.50 bits per heavy atom. The highest BCUT2D eigenvalue weighted by Crippen LogP contribution is 2.14. The Labute approximate surface area is 180 Å². The average Bonchev–Trinajstić information content (AvgIpc) is 2.73. The van der Waals surface area contributed by atoms with Gasteiger partial charge < -0.3 is 10.2 Å². The first kappa shape index (κ1) is 23.0. The van der Waals surface area contributed by atoms with Crippen molar-refractivity contribution >= 4 is 40.5 Å². The number of nitro groups is 1. The van der Waals surface area contributed by atoms with Gasteiger partial charge in [0.2, 0.25) is 0 Å². The highest BCUT2D eigenvalue weighted by atomic mass is 32.1. The molecule has 0 saturated heterocycles. The molecule has 0 aliphatic heterocycles. The zero-order valence-electron chi connectivity index (χ0n) is 16.9. The number of nitrogens with zero attached hydrogens (tertiary/aromatic N) is 2. The molecule has 2 aromatic rings. The van der Waals surface area contributed by atoms with Crippen molar-refractivity contribution in [2.75, 3.05) is 18.4 Å². The molecule has 2 aromatic carbocycles. The predicted molar refractivity (Wildman–Crippen MR) is 120 cm³/mol. The van der Waals surface area contributed by atoms with Crippen molar-refractivity contribution in [2.24, 2.45) is 0 Å². The van der Waals surface area contributed by atoms with Crippen LogP contribution < -0.4 is 10.6 Å². The molecule has 0 heterocycles. The maximum Gasteiger partial charge on any atom is 0.269 e. The summed E-state index contributed by atoms with van der Waals surface area (Å²) >= 11 is 5.15. The van der Waals surface area contributed by atoms with Gasteiger partial charge >= 0.3 is 0 Å². The van der Waals surface area contributed by atoms with Crippen LogP contribution in [0, 0.1) is 10.1 Å². The number of amides is 2. The Kier molecular flexibility index (Phi) is 8.42. The lowest BCUT2D eigenvalue weighted by molar-refractivity contribution is -0.384. The number of nitro benzene ring substituents is 1. The van der Waals surface area contributed by atoms with Crippen molar-refractivity contribution in [3.63, 3.8) is 0 Å². The molecule has 2 rings (SSSR count). The molecule has 30 heavy (non-hydrogen) atoms. The third-order valence-electron chi connectivity index (χ3n) is 4.23. The topological polar surface area (TPSA) is 105 Å². The van der Waals surface area contributed by atoms with E-state index < -0.39 is 10.8 Å². The van der Waals surface area contributed by atoms with E-state index in [1.165, 1.54) is 24.3 Å². The summed E-state index contributed by atoms with van der Waals surface area (Å²) in [4.78, 5) is 36.8. The van der Waals surface area contributed by atoms with Gasteiger partial charge in [-0.2, -0.15) is 0 Å². The number of nitrogens with one attached hydrogen (secondary N) is 2. The molecule has 0 bridgehead atoms. The largest absolute Gasteiger partial charge is 0.339 e. The van der Waals surface area contributed by atoms with Gasteiger partial charge in [-0.15, -0.1) is 0 Å². The van der Waals surface area contributed by atoms with Crippen LogP contribution in [-0.4, -0.2) is 39.8 Å². The summed E-state index contributed by atoms with van der Waals surface area (Å²) in [5.74, 6) is -0.497. The molecule has 0 aromatic heterocycles. The lowest BCUT2D eigenvalue weighted by Gasteiger charge is -2.21. The lowest BCUT2D eigenvalue weighted by atomic mass is 10.1. The summed E-state index contributed by atoms with van der Waals surface area (Å²) in [5, 5.41) is 16.2. The Morgan fingerprint density at radius 1 is 0.967 bits per heavy atom. The minimum absolute atomic E-state index is 0.0145. The number of hydrogen-bond acceptors (Lipinski definition) is 5. The standard InChI is InChI=1S/C21H24N4O4S/c1-3-13-24(14-4-2)20(27)16-5-9-17(10-6-16)22-21(30)23-19(26)15-7-11-18(12-8-15)25(28)29/h5-12H,3-4,13-14H2,1-2H3,(H2,22,23,26,30). The van der Waals surface area contributed by atoms with Crippen molar-refractivity contribution in [1.29, 1.82) is 0 Å². The average molecular weight is 429 g/mol. The maximum absolute atomic E-state index is 12.6. The molecule has 0 atom stereocenters. The van der Waals surface area contributed by atoms with Crippen LogP contribution in [0.25, 0.3) is 0 Å². The van der Waals surface area contributed by atoms with E-state index in [0.29, 0.717) is 24.3 Å². The number of hydrogen-bond donors (Lipinski definition) is 2. The van der Waals surface area contributed by atoms with E-state index in [-0.39, 0.29) is 22.3 Å². The second-order valence-corrected chi connectivity index (χ2v) is 6.99. The molecular weight excluding hydrogens is 404 g/mol. The van der Waals surface area contributed by atoms with E-state index in [9.17, 15) is 19.7 Å². The number of carbonyl (C=O) groups excluding carboxylic acids is 2.